The zero-order chi connectivity index (χ0) is 23.0. The molecule has 2 saturated heterocycles. The van der Waals surface area contributed by atoms with Crippen LogP contribution in [0.25, 0.3) is 0 Å². The van der Waals surface area contributed by atoms with E-state index in [4.69, 9.17) is 9.47 Å². The van der Waals surface area contributed by atoms with Crippen LogP contribution in [0.2, 0.25) is 0 Å². The molecule has 0 bridgehead atoms. The first kappa shape index (κ1) is 21.7. The first-order valence-corrected chi connectivity index (χ1v) is 11.2. The van der Waals surface area contributed by atoms with Crippen molar-refractivity contribution in [1.82, 2.24) is 0 Å². The molecule has 170 valence electrons. The van der Waals surface area contributed by atoms with Gasteiger partial charge >= 0.3 is 0 Å². The van der Waals surface area contributed by atoms with Crippen molar-refractivity contribution in [2.24, 2.45) is 5.92 Å². The maximum atomic E-state index is 13.5. The van der Waals surface area contributed by atoms with Crippen molar-refractivity contribution in [3.05, 3.63) is 101 Å². The highest BCUT2D eigenvalue weighted by Crippen LogP contribution is 2.48. The molecule has 0 radical (unpaired) electrons. The largest absolute Gasteiger partial charge is 0.343 e. The molecule has 4 nitrogen and oxygen atoms in total. The number of halogens is 2. The van der Waals surface area contributed by atoms with Crippen molar-refractivity contribution in [3.8, 4) is 0 Å². The molecule has 0 spiro atoms. The van der Waals surface area contributed by atoms with Crippen LogP contribution < -0.4 is 4.90 Å². The average Bonchev–Trinajstić information content (AvgIpc) is 3.30. The lowest BCUT2D eigenvalue weighted by Crippen LogP contribution is -2.55. The third-order valence-corrected chi connectivity index (χ3v) is 6.56. The SMILES string of the molecule is Cc1ccc([C@@H]2[C@H](CCC3(c4ccc(F)cc4)OCCO3)C(=O)N2c2ccc(F)cc2)cc1. The van der Waals surface area contributed by atoms with Gasteiger partial charge in [-0.2, -0.15) is 0 Å². The van der Waals surface area contributed by atoms with Gasteiger partial charge in [0, 0.05) is 17.7 Å². The first-order valence-electron chi connectivity index (χ1n) is 11.2. The quantitative estimate of drug-likeness (QED) is 0.456. The molecule has 0 aliphatic carbocycles. The van der Waals surface area contributed by atoms with E-state index in [1.807, 2.05) is 31.2 Å². The number of amides is 1. The van der Waals surface area contributed by atoms with Crippen LogP contribution in [0.3, 0.4) is 0 Å². The number of ether oxygens (including phenoxy) is 2. The number of aryl methyl sites for hydroxylation is 1. The number of hydrogen-bond donors (Lipinski definition) is 0. The molecule has 2 heterocycles. The van der Waals surface area contributed by atoms with Crippen molar-refractivity contribution in [2.75, 3.05) is 18.1 Å². The third-order valence-electron chi connectivity index (χ3n) is 6.56. The second kappa shape index (κ2) is 8.69. The Kier molecular flexibility index (Phi) is 5.72. The van der Waals surface area contributed by atoms with Crippen LogP contribution in [0.15, 0.2) is 72.8 Å². The average molecular weight is 449 g/mol. The molecular weight excluding hydrogens is 424 g/mol. The molecule has 2 atom stereocenters. The maximum Gasteiger partial charge on any atom is 0.233 e. The van der Waals surface area contributed by atoms with Gasteiger partial charge in [-0.15, -0.1) is 0 Å². The number of β-lactam (4-membered cyclic amide) rings is 1. The van der Waals surface area contributed by atoms with E-state index in [-0.39, 0.29) is 29.5 Å². The van der Waals surface area contributed by atoms with Crippen molar-refractivity contribution >= 4 is 11.6 Å². The van der Waals surface area contributed by atoms with Crippen LogP contribution >= 0.6 is 0 Å². The molecule has 2 aliphatic rings. The predicted octanol–water partition coefficient (Wildman–Crippen LogP) is 5.66. The summed E-state index contributed by atoms with van der Waals surface area (Å²) in [6.07, 6.45) is 1.00. The van der Waals surface area contributed by atoms with E-state index in [1.165, 1.54) is 24.3 Å². The molecule has 1 amide bonds. The topological polar surface area (TPSA) is 38.8 Å². The predicted molar refractivity (Wildman–Crippen MR) is 121 cm³/mol. The summed E-state index contributed by atoms with van der Waals surface area (Å²) in [5, 5.41) is 0. The maximum absolute atomic E-state index is 13.5. The Labute approximate surface area is 191 Å². The Bertz CT molecular complexity index is 1120. The van der Waals surface area contributed by atoms with Crippen LogP contribution in [-0.4, -0.2) is 19.1 Å². The minimum atomic E-state index is -0.984. The summed E-state index contributed by atoms with van der Waals surface area (Å²) in [6, 6.07) is 20.1. The number of carbonyl (C=O) groups is 1. The lowest BCUT2D eigenvalue weighted by Gasteiger charge is -2.48. The normalized spacial score (nSPS) is 21.8. The number of rotatable bonds is 6. The van der Waals surface area contributed by atoms with Crippen molar-refractivity contribution < 1.29 is 23.0 Å². The number of nitrogens with zero attached hydrogens (tertiary/aromatic N) is 1. The number of hydrogen-bond acceptors (Lipinski definition) is 3. The fourth-order valence-corrected chi connectivity index (χ4v) is 4.82. The van der Waals surface area contributed by atoms with Crippen molar-refractivity contribution in [2.45, 2.75) is 31.6 Å². The van der Waals surface area contributed by atoms with Crippen LogP contribution in [0.4, 0.5) is 14.5 Å². The second-order valence-corrected chi connectivity index (χ2v) is 8.64. The molecule has 0 aromatic heterocycles. The van der Waals surface area contributed by atoms with Gasteiger partial charge in [-0.05, 0) is 55.3 Å². The minimum absolute atomic E-state index is 0.0144. The van der Waals surface area contributed by atoms with Crippen LogP contribution in [0, 0.1) is 24.5 Å². The monoisotopic (exact) mass is 449 g/mol. The highest BCUT2D eigenvalue weighted by atomic mass is 19.1. The van der Waals surface area contributed by atoms with Gasteiger partial charge in [0.05, 0.1) is 25.2 Å². The summed E-state index contributed by atoms with van der Waals surface area (Å²) in [4.78, 5) is 15.0. The smallest absolute Gasteiger partial charge is 0.233 e. The van der Waals surface area contributed by atoms with Gasteiger partial charge in [-0.25, -0.2) is 8.78 Å². The van der Waals surface area contributed by atoms with E-state index in [9.17, 15) is 13.6 Å². The van der Waals surface area contributed by atoms with Gasteiger partial charge in [-0.3, -0.25) is 4.79 Å². The summed E-state index contributed by atoms with van der Waals surface area (Å²) in [6.45, 7) is 2.91. The molecule has 2 fully saturated rings. The summed E-state index contributed by atoms with van der Waals surface area (Å²) in [5.41, 5.74) is 3.58. The Balaban J connectivity index is 1.42. The lowest BCUT2D eigenvalue weighted by atomic mass is 9.77. The minimum Gasteiger partial charge on any atom is -0.343 e. The molecule has 3 aromatic carbocycles. The fraction of sp³-hybridized carbons (Fsp3) is 0.296. The van der Waals surface area contributed by atoms with E-state index in [2.05, 4.69) is 0 Å². The van der Waals surface area contributed by atoms with E-state index in [0.717, 1.165) is 16.7 Å². The standard InChI is InChI=1S/C27H25F2NO3/c1-18-2-4-19(5-3-18)25-24(26(31)30(25)23-12-10-22(29)11-13-23)14-15-27(32-16-17-33-27)20-6-8-21(28)9-7-20/h2-13,24-25H,14-17H2,1H3/t24-,25+/m0/s1. The molecule has 2 aliphatic heterocycles. The van der Waals surface area contributed by atoms with Gasteiger partial charge in [0.1, 0.15) is 11.6 Å². The van der Waals surface area contributed by atoms with Gasteiger partial charge in [-0.1, -0.05) is 42.0 Å². The van der Waals surface area contributed by atoms with Crippen LogP contribution in [-0.2, 0) is 20.1 Å². The number of anilines is 1. The van der Waals surface area contributed by atoms with E-state index in [1.54, 1.807) is 29.2 Å². The number of benzene rings is 3. The summed E-state index contributed by atoms with van der Waals surface area (Å²) < 4.78 is 38.9. The highest BCUT2D eigenvalue weighted by Gasteiger charge is 2.50. The lowest BCUT2D eigenvalue weighted by molar-refractivity contribution is -0.175. The van der Waals surface area contributed by atoms with Gasteiger partial charge in [0.2, 0.25) is 5.91 Å². The van der Waals surface area contributed by atoms with E-state index >= 15 is 0 Å². The Morgan fingerprint density at radius 2 is 1.45 bits per heavy atom. The van der Waals surface area contributed by atoms with Gasteiger partial charge in [0.25, 0.3) is 0 Å². The summed E-state index contributed by atoms with van der Waals surface area (Å²) in [5.74, 6) is -1.94. The van der Waals surface area contributed by atoms with Gasteiger partial charge < -0.3 is 14.4 Å². The molecule has 3 aromatic rings. The molecule has 6 heteroatoms. The zero-order valence-electron chi connectivity index (χ0n) is 18.3. The number of carbonyl (C=O) groups excluding carboxylic acids is 1. The van der Waals surface area contributed by atoms with E-state index < -0.39 is 5.79 Å². The van der Waals surface area contributed by atoms with Gasteiger partial charge in [0.15, 0.2) is 5.79 Å². The second-order valence-electron chi connectivity index (χ2n) is 8.64. The molecule has 0 unspecified atom stereocenters. The molecule has 0 N–H and O–H groups in total. The first-order chi connectivity index (χ1) is 16.0. The molecular formula is C27H25F2NO3. The van der Waals surface area contributed by atoms with Crippen molar-refractivity contribution in [1.29, 1.82) is 0 Å². The van der Waals surface area contributed by atoms with Crippen LogP contribution in [0.5, 0.6) is 0 Å². The van der Waals surface area contributed by atoms with E-state index in [0.29, 0.717) is 31.7 Å². The molecule has 5 rings (SSSR count). The van der Waals surface area contributed by atoms with Crippen molar-refractivity contribution in [3.63, 3.8) is 0 Å². The molecule has 0 saturated carbocycles. The Hall–Kier alpha value is -3.09. The Morgan fingerprint density at radius 1 is 0.879 bits per heavy atom. The highest BCUT2D eigenvalue weighted by molar-refractivity contribution is 6.03. The summed E-state index contributed by atoms with van der Waals surface area (Å²) >= 11 is 0. The van der Waals surface area contributed by atoms with Crippen LogP contribution in [0.1, 0.15) is 35.6 Å². The fourth-order valence-electron chi connectivity index (χ4n) is 4.82. The summed E-state index contributed by atoms with van der Waals surface area (Å²) in [7, 11) is 0. The Morgan fingerprint density at radius 3 is 2.06 bits per heavy atom. The third kappa shape index (κ3) is 4.05. The zero-order valence-corrected chi connectivity index (χ0v) is 18.3. The molecule has 33 heavy (non-hydrogen) atoms.